The Morgan fingerprint density at radius 3 is 1.14 bits per heavy atom. The monoisotopic (exact) mass is 333 g/mol. The molecule has 0 saturated heterocycles. The van der Waals surface area contributed by atoms with Crippen LogP contribution in [0.4, 0.5) is 0 Å². The number of rotatable bonds is 0. The van der Waals surface area contributed by atoms with Crippen LogP contribution in [-0.4, -0.2) is 17.5 Å². The third-order valence-electron chi connectivity index (χ3n) is 0. The molecule has 0 aliphatic carbocycles. The minimum Gasteiger partial charge on any atom is -1.00 e. The van der Waals surface area contributed by atoms with Crippen LogP contribution in [0.25, 0.3) is 0 Å². The Morgan fingerprint density at radius 2 is 1.14 bits per heavy atom. The van der Waals surface area contributed by atoms with Gasteiger partial charge in [0.05, 0.1) is 0 Å². The molecule has 0 atom stereocenters. The Kier molecular flexibility index (Phi) is 11.7. The largest absolute Gasteiger partial charge is 1.00 e. The summed E-state index contributed by atoms with van der Waals surface area (Å²) in [4.78, 5) is 0. The van der Waals surface area contributed by atoms with E-state index >= 15 is 0 Å². The molecule has 0 heterocycles. The van der Waals surface area contributed by atoms with Gasteiger partial charge in [-0.05, 0) is 0 Å². The zero-order chi connectivity index (χ0) is 4.50. The fourth-order valence-electron chi connectivity index (χ4n) is 0. The summed E-state index contributed by atoms with van der Waals surface area (Å²) in [7, 11) is -5.17. The maximum absolute atomic E-state index is 8.52. The molecule has 0 aromatic heterocycles. The van der Waals surface area contributed by atoms with Crippen LogP contribution in [-0.2, 0) is 38.1 Å². The van der Waals surface area contributed by atoms with Crippen LogP contribution in [0, 0.1) is 0 Å². The zero-order valence-corrected chi connectivity index (χ0v) is 10.2. The quantitative estimate of drug-likeness (QED) is 0.255. The minimum absolute atomic E-state index is 0. The Hall–Kier alpha value is 1.10. The molecule has 0 aliphatic heterocycles. The average molecular weight is 332 g/mol. The van der Waals surface area contributed by atoms with Crippen molar-refractivity contribution in [2.24, 2.45) is 0 Å². The summed E-state index contributed by atoms with van der Waals surface area (Å²) in [5.41, 5.74) is 0. The van der Waals surface area contributed by atoms with E-state index in [2.05, 4.69) is 0 Å². The van der Waals surface area contributed by atoms with Crippen LogP contribution in [0.5, 0.6) is 0 Å². The summed E-state index contributed by atoms with van der Waals surface area (Å²) in [6, 6.07) is 0. The third-order valence-corrected chi connectivity index (χ3v) is 0. The van der Waals surface area contributed by atoms with Crippen LogP contribution in [0.15, 0.2) is 0 Å². The van der Waals surface area contributed by atoms with Crippen molar-refractivity contribution in [3.05, 3.63) is 0 Å². The Labute approximate surface area is 67.8 Å². The smallest absolute Gasteiger partial charge is 0.0311 e. The third kappa shape index (κ3) is 154. The van der Waals surface area contributed by atoms with Crippen LogP contribution in [0.2, 0.25) is 0 Å². The first-order chi connectivity index (χ1) is 2.00. The van der Waals surface area contributed by atoms with Crippen molar-refractivity contribution in [2.75, 3.05) is 0 Å². The minimum atomic E-state index is -5.17. The summed E-state index contributed by atoms with van der Waals surface area (Å²) in [5, 5.41) is 0. The van der Waals surface area contributed by atoms with Gasteiger partial charge in [0, 0.05) is 38.1 Å². The van der Waals surface area contributed by atoms with Gasteiger partial charge in [0.25, 0.3) is 0 Å². The fourth-order valence-corrected chi connectivity index (χ4v) is 0. The predicted octanol–water partition coefficient (Wildman–Crippen LogP) is -4.34. The fraction of sp³-hybridized carbons (Fsp3) is 0. The molecular weight excluding hydrogens is 332 g/mol. The van der Waals surface area contributed by atoms with E-state index in [1.807, 2.05) is 0 Å². The molecule has 0 aromatic carbocycles. The first-order valence-electron chi connectivity index (χ1n) is 0.667. The molecule has 0 fully saturated rings. The number of halogens is 1. The summed E-state index contributed by atoms with van der Waals surface area (Å²) in [6.45, 7) is 0. The predicted molar refractivity (Wildman–Crippen MR) is 10.5 cm³/mol. The second kappa shape index (κ2) is 5.24. The second-order valence-electron chi connectivity index (χ2n) is 0.408. The van der Waals surface area contributed by atoms with Gasteiger partial charge in [-0.15, -0.1) is 0 Å². The van der Waals surface area contributed by atoms with E-state index in [9.17, 15) is 0 Å². The first-order valence-corrected chi connectivity index (χ1v) is 2.00. The summed E-state index contributed by atoms with van der Waals surface area (Å²) >= 11 is 0. The molecule has 4 nitrogen and oxygen atoms in total. The van der Waals surface area contributed by atoms with Crippen molar-refractivity contribution in [3.63, 3.8) is 0 Å². The van der Waals surface area contributed by atoms with E-state index in [1.54, 1.807) is 0 Å². The molecule has 0 N–H and O–H groups in total. The van der Waals surface area contributed by atoms with Gasteiger partial charge in [0.15, 0.2) is 0 Å². The van der Waals surface area contributed by atoms with Crippen molar-refractivity contribution in [3.8, 4) is 0 Å². The molecule has 0 saturated carbocycles. The maximum Gasteiger partial charge on any atom is 0.0311 e. The second-order valence-corrected chi connectivity index (χ2v) is 1.22. The van der Waals surface area contributed by atoms with E-state index in [-0.39, 0.29) is 40.1 Å². The van der Waals surface area contributed by atoms with Gasteiger partial charge in [-0.25, -0.2) is 0 Å². The summed E-state index contributed by atoms with van der Waals surface area (Å²) in [5.74, 6) is 0. The molecular formula is ClHgO4S-3. The summed E-state index contributed by atoms with van der Waals surface area (Å²) in [6.07, 6.45) is 0. The van der Waals surface area contributed by atoms with Gasteiger partial charge >= 0.3 is 0 Å². The first kappa shape index (κ1) is 15.7. The van der Waals surface area contributed by atoms with Gasteiger partial charge in [-0.3, -0.25) is 8.42 Å². The van der Waals surface area contributed by atoms with E-state index in [0.29, 0.717) is 0 Å². The van der Waals surface area contributed by atoms with Crippen LogP contribution < -0.4 is 12.4 Å². The Morgan fingerprint density at radius 1 is 1.14 bits per heavy atom. The Balaban J connectivity index is -0.0000000800. The molecule has 0 aliphatic rings. The van der Waals surface area contributed by atoms with Crippen molar-refractivity contribution in [1.82, 2.24) is 0 Å². The maximum atomic E-state index is 8.52. The summed E-state index contributed by atoms with van der Waals surface area (Å²) < 4.78 is 34.1. The SMILES string of the molecule is O=S(=O)([O-])[O-].[Cl-].[Hg]. The zero-order valence-electron chi connectivity index (χ0n) is 3.13. The van der Waals surface area contributed by atoms with Crippen LogP contribution in [0.3, 0.4) is 0 Å². The molecule has 7 heavy (non-hydrogen) atoms. The standard InChI is InChI=1S/ClH.Hg.H2O4S/c;;1-5(2,3)4/h1H;;(H2,1,2,3,4)/p-3. The number of hydrogen-bond donors (Lipinski definition) is 0. The van der Waals surface area contributed by atoms with Crippen molar-refractivity contribution < 1.29 is 57.6 Å². The molecule has 7 heteroatoms. The van der Waals surface area contributed by atoms with Gasteiger partial charge in [-0.1, -0.05) is 0 Å². The van der Waals surface area contributed by atoms with Crippen molar-refractivity contribution in [1.29, 1.82) is 0 Å². The normalized spacial score (nSPS) is 8.29. The van der Waals surface area contributed by atoms with E-state index in [0.717, 1.165) is 0 Å². The Bertz CT molecular complexity index is 94.9. The molecule has 0 bridgehead atoms. The molecule has 0 radical (unpaired) electrons. The molecule has 0 aromatic rings. The van der Waals surface area contributed by atoms with Gasteiger partial charge in [0.2, 0.25) is 0 Å². The molecule has 0 amide bonds. The molecule has 0 spiro atoms. The van der Waals surface area contributed by atoms with Crippen molar-refractivity contribution in [2.45, 2.75) is 0 Å². The van der Waals surface area contributed by atoms with Gasteiger partial charge < -0.3 is 21.5 Å². The van der Waals surface area contributed by atoms with E-state index < -0.39 is 10.4 Å². The molecule has 0 unspecified atom stereocenters. The van der Waals surface area contributed by atoms with Crippen LogP contribution >= 0.6 is 0 Å². The van der Waals surface area contributed by atoms with E-state index in [4.69, 9.17) is 17.5 Å². The van der Waals surface area contributed by atoms with Gasteiger partial charge in [0.1, 0.15) is 0 Å². The number of hydrogen-bond acceptors (Lipinski definition) is 4. The average Bonchev–Trinajstić information content (AvgIpc) is 0.722. The van der Waals surface area contributed by atoms with E-state index in [1.165, 1.54) is 0 Å². The topological polar surface area (TPSA) is 80.3 Å². The van der Waals surface area contributed by atoms with Crippen LogP contribution in [0.1, 0.15) is 0 Å². The molecule has 0 rings (SSSR count). The van der Waals surface area contributed by atoms with Crippen molar-refractivity contribution >= 4 is 10.4 Å². The molecule has 42 valence electrons. The van der Waals surface area contributed by atoms with Gasteiger partial charge in [-0.2, -0.15) is 0 Å².